The molecule has 1 saturated carbocycles. The normalized spacial score (nSPS) is 26.5. The van der Waals surface area contributed by atoms with Gasteiger partial charge in [0.1, 0.15) is 6.54 Å². The second-order valence-electron chi connectivity index (χ2n) is 7.88. The first-order valence-corrected chi connectivity index (χ1v) is 9.69. The van der Waals surface area contributed by atoms with Gasteiger partial charge in [-0.15, -0.1) is 0 Å². The Hall–Kier alpha value is -2.97. The topological polar surface area (TPSA) is 76.2 Å². The van der Waals surface area contributed by atoms with Gasteiger partial charge in [0.05, 0.1) is 18.9 Å². The maximum absolute atomic E-state index is 12.7. The summed E-state index contributed by atoms with van der Waals surface area (Å²) in [6.45, 7) is -3.13. The third-order valence-electron chi connectivity index (χ3n) is 6.14. The van der Waals surface area contributed by atoms with Crippen molar-refractivity contribution in [1.29, 1.82) is 0 Å². The van der Waals surface area contributed by atoms with E-state index in [1.807, 2.05) is 12.2 Å². The molecule has 2 fully saturated rings. The van der Waals surface area contributed by atoms with Gasteiger partial charge in [0.25, 0.3) is 0 Å². The summed E-state index contributed by atoms with van der Waals surface area (Å²) in [4.78, 5) is 40.6. The maximum Gasteiger partial charge on any atom is 0.387 e. The number of nitrogens with zero attached hydrogens (tertiary/aromatic N) is 2. The van der Waals surface area contributed by atoms with Gasteiger partial charge >= 0.3 is 6.61 Å². The zero-order valence-corrected chi connectivity index (χ0v) is 16.6. The number of carbonyl (C=O) groups is 3. The predicted molar refractivity (Wildman–Crippen MR) is 101 cm³/mol. The fraction of sp³-hybridized carbons (Fsp3) is 0.476. The highest BCUT2D eigenvalue weighted by Gasteiger charge is 2.59. The van der Waals surface area contributed by atoms with Gasteiger partial charge in [0.15, 0.2) is 11.5 Å². The number of benzene rings is 1. The van der Waals surface area contributed by atoms with Crippen molar-refractivity contribution in [1.82, 2.24) is 9.80 Å². The molecule has 0 unspecified atom stereocenters. The quantitative estimate of drug-likeness (QED) is 0.499. The zero-order valence-electron chi connectivity index (χ0n) is 16.6. The molecule has 0 N–H and O–H groups in total. The van der Waals surface area contributed by atoms with Gasteiger partial charge in [0.2, 0.25) is 17.7 Å². The van der Waals surface area contributed by atoms with Crippen LogP contribution in [0.15, 0.2) is 30.4 Å². The number of carbonyl (C=O) groups excluding carboxylic acids is 3. The summed E-state index contributed by atoms with van der Waals surface area (Å²) >= 11 is 0. The third kappa shape index (κ3) is 3.42. The molecule has 0 aromatic heterocycles. The lowest BCUT2D eigenvalue weighted by Gasteiger charge is -2.22. The van der Waals surface area contributed by atoms with Gasteiger partial charge < -0.3 is 14.4 Å². The molecule has 2 aliphatic carbocycles. The SMILES string of the molecule is COc1cc(CN(C)C(=O)CN2C(=O)[C@@H]3[C@H](C2=O)[C@@H]2C=C[C@@H]3C2)ccc1OC(F)F. The molecule has 1 saturated heterocycles. The predicted octanol–water partition coefficient (Wildman–Crippen LogP) is 2.06. The van der Waals surface area contributed by atoms with Crippen LogP contribution < -0.4 is 9.47 Å². The summed E-state index contributed by atoms with van der Waals surface area (Å²) in [6.07, 6.45) is 4.84. The van der Waals surface area contributed by atoms with Gasteiger partial charge in [-0.25, -0.2) is 0 Å². The van der Waals surface area contributed by atoms with E-state index in [0.717, 1.165) is 11.3 Å². The Kier molecular flexibility index (Phi) is 5.21. The third-order valence-corrected chi connectivity index (χ3v) is 6.14. The van der Waals surface area contributed by atoms with Gasteiger partial charge in [0, 0.05) is 13.6 Å². The fourth-order valence-electron chi connectivity index (χ4n) is 4.74. The minimum absolute atomic E-state index is 0.0933. The number of amides is 3. The number of likely N-dealkylation sites (N-methyl/N-ethyl adjacent to an activating group) is 1. The fourth-order valence-corrected chi connectivity index (χ4v) is 4.74. The van der Waals surface area contributed by atoms with Crippen LogP contribution in [0.25, 0.3) is 0 Å². The first kappa shape index (κ1) is 20.3. The van der Waals surface area contributed by atoms with E-state index in [4.69, 9.17) is 4.74 Å². The first-order valence-electron chi connectivity index (χ1n) is 9.69. The molecule has 1 heterocycles. The van der Waals surface area contributed by atoms with Crippen LogP contribution in [0, 0.1) is 23.7 Å². The molecule has 0 radical (unpaired) electrons. The number of imide groups is 1. The van der Waals surface area contributed by atoms with Crippen molar-refractivity contribution in [2.75, 3.05) is 20.7 Å². The van der Waals surface area contributed by atoms with E-state index < -0.39 is 6.61 Å². The molecule has 30 heavy (non-hydrogen) atoms. The Balaban J connectivity index is 1.40. The highest BCUT2D eigenvalue weighted by atomic mass is 19.3. The number of methoxy groups -OCH3 is 1. The summed E-state index contributed by atoms with van der Waals surface area (Å²) in [5.41, 5.74) is 0.627. The van der Waals surface area contributed by atoms with Crippen LogP contribution in [-0.2, 0) is 20.9 Å². The summed E-state index contributed by atoms with van der Waals surface area (Å²) < 4.78 is 34.4. The molecule has 160 valence electrons. The number of hydrogen-bond acceptors (Lipinski definition) is 5. The number of rotatable bonds is 7. The average Bonchev–Trinajstić information content (AvgIpc) is 3.38. The molecule has 7 nitrogen and oxygen atoms in total. The number of fused-ring (bicyclic) bond motifs is 5. The molecular formula is C21H22F2N2O5. The highest BCUT2D eigenvalue weighted by molar-refractivity contribution is 6.08. The number of ether oxygens (including phenoxy) is 2. The van der Waals surface area contributed by atoms with Crippen LogP contribution in [0.4, 0.5) is 8.78 Å². The number of likely N-dealkylation sites (tertiary alicyclic amines) is 1. The Bertz CT molecular complexity index is 889. The number of alkyl halides is 2. The summed E-state index contributed by atoms with van der Waals surface area (Å²) in [5.74, 6) is -1.38. The van der Waals surface area contributed by atoms with Crippen molar-refractivity contribution in [2.45, 2.75) is 19.6 Å². The zero-order chi connectivity index (χ0) is 21.6. The molecule has 3 amide bonds. The Morgan fingerprint density at radius 3 is 2.37 bits per heavy atom. The summed E-state index contributed by atoms with van der Waals surface area (Å²) in [6, 6.07) is 4.39. The summed E-state index contributed by atoms with van der Waals surface area (Å²) in [5, 5.41) is 0. The second kappa shape index (κ2) is 7.70. The van der Waals surface area contributed by atoms with Gasteiger partial charge in [-0.05, 0) is 36.0 Å². The molecule has 3 aliphatic rings. The molecule has 0 spiro atoms. The highest BCUT2D eigenvalue weighted by Crippen LogP contribution is 2.52. The Morgan fingerprint density at radius 2 is 1.80 bits per heavy atom. The lowest BCUT2D eigenvalue weighted by molar-refractivity contribution is -0.146. The van der Waals surface area contributed by atoms with Crippen molar-refractivity contribution in [3.8, 4) is 11.5 Å². The van der Waals surface area contributed by atoms with Crippen LogP contribution in [-0.4, -0.2) is 54.8 Å². The average molecular weight is 420 g/mol. The van der Waals surface area contributed by atoms with Crippen LogP contribution in [0.3, 0.4) is 0 Å². The van der Waals surface area contributed by atoms with Crippen molar-refractivity contribution >= 4 is 17.7 Å². The van der Waals surface area contributed by atoms with Crippen LogP contribution in [0.5, 0.6) is 11.5 Å². The molecule has 2 bridgehead atoms. The molecular weight excluding hydrogens is 398 g/mol. The number of halogens is 2. The van der Waals surface area contributed by atoms with E-state index in [9.17, 15) is 23.2 Å². The van der Waals surface area contributed by atoms with Crippen LogP contribution >= 0.6 is 0 Å². The monoisotopic (exact) mass is 420 g/mol. The van der Waals surface area contributed by atoms with Crippen molar-refractivity contribution < 1.29 is 32.6 Å². The standard InChI is InChI=1S/C21H22F2N2O5/c1-24(9-11-3-6-14(30-21(22)23)15(7-11)29-2)16(26)10-25-19(27)17-12-4-5-13(8-12)18(17)20(25)28/h3-7,12-13,17-18,21H,8-10H2,1-2H3/t12-,13-,17-,18+/m1/s1. The molecule has 4 rings (SSSR count). The van der Waals surface area contributed by atoms with E-state index in [0.29, 0.717) is 5.56 Å². The Morgan fingerprint density at radius 1 is 1.17 bits per heavy atom. The number of hydrogen-bond donors (Lipinski definition) is 0. The molecule has 1 aliphatic heterocycles. The number of allylic oxidation sites excluding steroid dienone is 2. The van der Waals surface area contributed by atoms with E-state index in [1.165, 1.54) is 24.1 Å². The van der Waals surface area contributed by atoms with Gasteiger partial charge in [-0.1, -0.05) is 18.2 Å². The van der Waals surface area contributed by atoms with Crippen LogP contribution in [0.2, 0.25) is 0 Å². The smallest absolute Gasteiger partial charge is 0.387 e. The minimum Gasteiger partial charge on any atom is -0.493 e. The van der Waals surface area contributed by atoms with E-state index in [2.05, 4.69) is 4.74 Å². The van der Waals surface area contributed by atoms with Gasteiger partial charge in [-0.3, -0.25) is 19.3 Å². The van der Waals surface area contributed by atoms with Crippen LogP contribution in [0.1, 0.15) is 12.0 Å². The van der Waals surface area contributed by atoms with E-state index >= 15 is 0 Å². The van der Waals surface area contributed by atoms with Gasteiger partial charge in [-0.2, -0.15) is 8.78 Å². The Labute approximate surface area is 172 Å². The maximum atomic E-state index is 12.7. The lowest BCUT2D eigenvalue weighted by Crippen LogP contribution is -2.42. The molecule has 4 atom stereocenters. The van der Waals surface area contributed by atoms with E-state index in [1.54, 1.807) is 13.1 Å². The lowest BCUT2D eigenvalue weighted by atomic mass is 9.85. The van der Waals surface area contributed by atoms with E-state index in [-0.39, 0.29) is 66.0 Å². The second-order valence-corrected chi connectivity index (χ2v) is 7.88. The first-order chi connectivity index (χ1) is 14.3. The molecule has 1 aromatic carbocycles. The minimum atomic E-state index is -2.98. The molecule has 9 heteroatoms. The largest absolute Gasteiger partial charge is 0.493 e. The van der Waals surface area contributed by atoms with Crippen molar-refractivity contribution in [3.63, 3.8) is 0 Å². The van der Waals surface area contributed by atoms with Crippen molar-refractivity contribution in [3.05, 3.63) is 35.9 Å². The molecule has 1 aromatic rings. The van der Waals surface area contributed by atoms with Crippen molar-refractivity contribution in [2.24, 2.45) is 23.7 Å². The summed E-state index contributed by atoms with van der Waals surface area (Å²) in [7, 11) is 2.88.